The Balaban J connectivity index is 1.83. The minimum atomic E-state index is -1.04. The van der Waals surface area contributed by atoms with E-state index in [1.54, 1.807) is 6.92 Å². The van der Waals surface area contributed by atoms with Crippen molar-refractivity contribution in [2.45, 2.75) is 82.5 Å². The molecule has 5 heteroatoms. The van der Waals surface area contributed by atoms with Gasteiger partial charge in [-0.15, -0.1) is 0 Å². The van der Waals surface area contributed by atoms with Crippen molar-refractivity contribution in [3.05, 3.63) is 0 Å². The first-order valence-electron chi connectivity index (χ1n) is 7.74. The monoisotopic (exact) mass is 283 g/mol. The van der Waals surface area contributed by atoms with Crippen LogP contribution >= 0.6 is 0 Å². The average Bonchev–Trinajstić information content (AvgIpc) is 2.61. The van der Waals surface area contributed by atoms with E-state index in [1.807, 2.05) is 0 Å². The second kappa shape index (κ2) is 6.57. The average molecular weight is 283 g/mol. The van der Waals surface area contributed by atoms with Crippen molar-refractivity contribution in [1.82, 2.24) is 5.32 Å². The number of carbonyl (C=O) groups excluding carboxylic acids is 1. The Morgan fingerprint density at radius 1 is 1.15 bits per heavy atom. The van der Waals surface area contributed by atoms with Crippen LogP contribution in [0.3, 0.4) is 0 Å². The first kappa shape index (κ1) is 15.3. The molecule has 0 radical (unpaired) electrons. The number of nitrogens with one attached hydrogen (secondary N) is 1. The number of carboxylic acids is 1. The Morgan fingerprint density at radius 2 is 1.75 bits per heavy atom. The summed E-state index contributed by atoms with van der Waals surface area (Å²) in [5.74, 6) is -1.23. The molecule has 0 aliphatic heterocycles. The van der Waals surface area contributed by atoms with Gasteiger partial charge in [0.05, 0.1) is 6.10 Å². The van der Waals surface area contributed by atoms with E-state index >= 15 is 0 Å². The van der Waals surface area contributed by atoms with Crippen LogP contribution in [0.4, 0.5) is 0 Å². The van der Waals surface area contributed by atoms with Crippen molar-refractivity contribution >= 4 is 11.9 Å². The van der Waals surface area contributed by atoms with Crippen LogP contribution in [-0.4, -0.2) is 34.7 Å². The number of aliphatic carboxylic acids is 1. The quantitative estimate of drug-likeness (QED) is 0.759. The highest BCUT2D eigenvalue weighted by Crippen LogP contribution is 2.32. The first-order valence-corrected chi connectivity index (χ1v) is 7.74. The van der Waals surface area contributed by atoms with Gasteiger partial charge in [-0.25, -0.2) is 4.79 Å². The summed E-state index contributed by atoms with van der Waals surface area (Å²) in [6, 6.07) is 0. The molecule has 2 saturated carbocycles. The molecule has 20 heavy (non-hydrogen) atoms. The second-order valence-electron chi connectivity index (χ2n) is 6.12. The number of amides is 1. The third kappa shape index (κ3) is 3.51. The van der Waals surface area contributed by atoms with Crippen LogP contribution in [-0.2, 0) is 14.3 Å². The molecule has 0 spiro atoms. The zero-order chi connectivity index (χ0) is 14.6. The van der Waals surface area contributed by atoms with E-state index in [4.69, 9.17) is 4.74 Å². The summed E-state index contributed by atoms with van der Waals surface area (Å²) in [5, 5.41) is 11.9. The molecule has 5 nitrogen and oxygen atoms in total. The predicted octanol–water partition coefficient (Wildman–Crippen LogP) is 2.24. The van der Waals surface area contributed by atoms with Gasteiger partial charge in [0, 0.05) is 0 Å². The Labute approximate surface area is 120 Å². The van der Waals surface area contributed by atoms with E-state index in [2.05, 4.69) is 5.32 Å². The van der Waals surface area contributed by atoms with Gasteiger partial charge in [0.25, 0.3) is 0 Å². The van der Waals surface area contributed by atoms with Gasteiger partial charge in [-0.2, -0.15) is 0 Å². The highest BCUT2D eigenvalue weighted by Gasteiger charge is 2.46. The maximum absolute atomic E-state index is 12.1. The molecule has 2 rings (SSSR count). The SMILES string of the molecule is CC(OC1CCCCCC1)C(=O)NC1(C(=O)O)CCC1. The number of carboxylic acid groups (broad SMARTS) is 1. The lowest BCUT2D eigenvalue weighted by atomic mass is 9.76. The molecule has 0 aromatic carbocycles. The molecular weight excluding hydrogens is 258 g/mol. The van der Waals surface area contributed by atoms with Crippen molar-refractivity contribution < 1.29 is 19.4 Å². The van der Waals surface area contributed by atoms with Crippen LogP contribution in [0.2, 0.25) is 0 Å². The lowest BCUT2D eigenvalue weighted by Crippen LogP contribution is -2.61. The van der Waals surface area contributed by atoms with E-state index in [9.17, 15) is 14.7 Å². The molecule has 2 aliphatic rings. The van der Waals surface area contributed by atoms with Gasteiger partial charge >= 0.3 is 5.97 Å². The highest BCUT2D eigenvalue weighted by atomic mass is 16.5. The molecule has 0 bridgehead atoms. The van der Waals surface area contributed by atoms with Gasteiger partial charge in [0.2, 0.25) is 5.91 Å². The zero-order valence-electron chi connectivity index (χ0n) is 12.2. The van der Waals surface area contributed by atoms with E-state index in [1.165, 1.54) is 12.8 Å². The summed E-state index contributed by atoms with van der Waals surface area (Å²) in [6.07, 6.45) is 8.24. The topological polar surface area (TPSA) is 75.6 Å². The van der Waals surface area contributed by atoms with E-state index in [0.29, 0.717) is 12.8 Å². The number of carbonyl (C=O) groups is 2. The van der Waals surface area contributed by atoms with Crippen LogP contribution in [0.1, 0.15) is 64.7 Å². The van der Waals surface area contributed by atoms with Gasteiger partial charge in [0.15, 0.2) is 0 Å². The van der Waals surface area contributed by atoms with Crippen molar-refractivity contribution in [3.8, 4) is 0 Å². The third-order valence-electron chi connectivity index (χ3n) is 4.55. The van der Waals surface area contributed by atoms with E-state index in [0.717, 1.165) is 32.1 Å². The summed E-state index contributed by atoms with van der Waals surface area (Å²) in [7, 11) is 0. The fraction of sp³-hybridized carbons (Fsp3) is 0.867. The lowest BCUT2D eigenvalue weighted by Gasteiger charge is -2.39. The van der Waals surface area contributed by atoms with Gasteiger partial charge in [0.1, 0.15) is 11.6 Å². The Morgan fingerprint density at radius 3 is 2.20 bits per heavy atom. The number of hydrogen-bond donors (Lipinski definition) is 2. The second-order valence-corrected chi connectivity index (χ2v) is 6.12. The summed E-state index contributed by atoms with van der Waals surface area (Å²) in [5.41, 5.74) is -1.04. The van der Waals surface area contributed by atoms with Crippen molar-refractivity contribution in [2.24, 2.45) is 0 Å². The third-order valence-corrected chi connectivity index (χ3v) is 4.55. The van der Waals surface area contributed by atoms with Gasteiger partial charge in [-0.05, 0) is 39.0 Å². The Hall–Kier alpha value is -1.10. The van der Waals surface area contributed by atoms with Gasteiger partial charge in [-0.3, -0.25) is 4.79 Å². The smallest absolute Gasteiger partial charge is 0.329 e. The predicted molar refractivity (Wildman–Crippen MR) is 74.4 cm³/mol. The molecule has 1 unspecified atom stereocenters. The minimum Gasteiger partial charge on any atom is -0.480 e. The molecule has 0 heterocycles. The molecule has 2 fully saturated rings. The summed E-state index contributed by atoms with van der Waals surface area (Å²) >= 11 is 0. The van der Waals surface area contributed by atoms with Gasteiger partial charge in [-0.1, -0.05) is 25.7 Å². The van der Waals surface area contributed by atoms with Crippen LogP contribution < -0.4 is 5.32 Å². The summed E-state index contributed by atoms with van der Waals surface area (Å²) < 4.78 is 5.82. The van der Waals surface area contributed by atoms with Crippen LogP contribution in [0.5, 0.6) is 0 Å². The molecule has 2 aliphatic carbocycles. The minimum absolute atomic E-state index is 0.139. The maximum Gasteiger partial charge on any atom is 0.329 e. The zero-order valence-corrected chi connectivity index (χ0v) is 12.2. The van der Waals surface area contributed by atoms with Crippen molar-refractivity contribution in [2.75, 3.05) is 0 Å². The van der Waals surface area contributed by atoms with Crippen LogP contribution in [0, 0.1) is 0 Å². The molecule has 1 atom stereocenters. The van der Waals surface area contributed by atoms with Crippen LogP contribution in [0.25, 0.3) is 0 Å². The van der Waals surface area contributed by atoms with E-state index in [-0.39, 0.29) is 12.0 Å². The molecule has 114 valence electrons. The summed E-state index contributed by atoms with van der Waals surface area (Å²) in [4.78, 5) is 23.4. The van der Waals surface area contributed by atoms with Crippen molar-refractivity contribution in [3.63, 3.8) is 0 Å². The van der Waals surface area contributed by atoms with Crippen LogP contribution in [0.15, 0.2) is 0 Å². The largest absolute Gasteiger partial charge is 0.480 e. The molecule has 0 saturated heterocycles. The number of hydrogen-bond acceptors (Lipinski definition) is 3. The van der Waals surface area contributed by atoms with E-state index < -0.39 is 17.6 Å². The molecule has 0 aromatic rings. The number of rotatable bonds is 5. The fourth-order valence-electron chi connectivity index (χ4n) is 2.99. The normalized spacial score (nSPS) is 24.2. The molecular formula is C15H25NO4. The van der Waals surface area contributed by atoms with Crippen molar-refractivity contribution in [1.29, 1.82) is 0 Å². The molecule has 0 aromatic heterocycles. The Bertz CT molecular complexity index is 357. The Kier molecular flexibility index (Phi) is 5.02. The lowest BCUT2D eigenvalue weighted by molar-refractivity contribution is -0.155. The fourth-order valence-corrected chi connectivity index (χ4v) is 2.99. The maximum atomic E-state index is 12.1. The highest BCUT2D eigenvalue weighted by molar-refractivity contribution is 5.89. The standard InChI is InChI=1S/C15H25NO4/c1-11(20-12-7-4-2-3-5-8-12)13(17)16-15(14(18)19)9-6-10-15/h11-12H,2-10H2,1H3,(H,16,17)(H,18,19). The first-order chi connectivity index (χ1) is 9.53. The summed E-state index contributed by atoms with van der Waals surface area (Å²) in [6.45, 7) is 1.72. The van der Waals surface area contributed by atoms with Gasteiger partial charge < -0.3 is 15.2 Å². The number of ether oxygens (including phenoxy) is 1. The molecule has 1 amide bonds. The molecule has 2 N–H and O–H groups in total.